The Kier molecular flexibility index (Phi) is 5.91. The molecule has 0 bridgehead atoms. The number of nitrogens with zero attached hydrogens (tertiary/aromatic N) is 1. The molecule has 1 fully saturated rings. The third-order valence-corrected chi connectivity index (χ3v) is 5.04. The summed E-state index contributed by atoms with van der Waals surface area (Å²) in [5.74, 6) is -0.412. The Labute approximate surface area is 160 Å². The molecule has 3 N–H and O–H groups in total. The van der Waals surface area contributed by atoms with E-state index in [1.54, 1.807) is 12.1 Å². The largest absolute Gasteiger partial charge is 0.366 e. The summed E-state index contributed by atoms with van der Waals surface area (Å²) in [6, 6.07) is 13.8. The zero-order valence-corrected chi connectivity index (χ0v) is 16.0. The summed E-state index contributed by atoms with van der Waals surface area (Å²) in [4.78, 5) is 26.1. The van der Waals surface area contributed by atoms with Crippen molar-refractivity contribution in [3.05, 3.63) is 64.7 Å². The van der Waals surface area contributed by atoms with Crippen LogP contribution in [0.15, 0.2) is 42.5 Å². The predicted molar refractivity (Wildman–Crippen MR) is 108 cm³/mol. The average Bonchev–Trinajstić information content (AvgIpc) is 3.48. The number of benzene rings is 2. The number of primary amides is 1. The van der Waals surface area contributed by atoms with E-state index < -0.39 is 5.91 Å². The SMILES string of the molecule is CCc1cccc(C)c1NC(=O)CN(Cc1ccc(C(N)=O)cc1)C1CC1. The fourth-order valence-corrected chi connectivity index (χ4v) is 3.33. The van der Waals surface area contributed by atoms with Crippen molar-refractivity contribution in [2.75, 3.05) is 11.9 Å². The first kappa shape index (κ1) is 19.1. The lowest BCUT2D eigenvalue weighted by Crippen LogP contribution is -2.34. The number of nitrogens with one attached hydrogen (secondary N) is 1. The van der Waals surface area contributed by atoms with Crippen molar-refractivity contribution in [2.24, 2.45) is 5.73 Å². The van der Waals surface area contributed by atoms with Crippen LogP contribution in [0.3, 0.4) is 0 Å². The minimum Gasteiger partial charge on any atom is -0.366 e. The van der Waals surface area contributed by atoms with Gasteiger partial charge in [-0.1, -0.05) is 37.3 Å². The molecule has 0 unspecified atom stereocenters. The van der Waals surface area contributed by atoms with E-state index in [0.29, 0.717) is 24.7 Å². The van der Waals surface area contributed by atoms with Crippen molar-refractivity contribution in [3.8, 4) is 0 Å². The first-order chi connectivity index (χ1) is 13.0. The molecule has 0 aliphatic heterocycles. The highest BCUT2D eigenvalue weighted by atomic mass is 16.2. The molecule has 0 aromatic heterocycles. The smallest absolute Gasteiger partial charge is 0.248 e. The summed E-state index contributed by atoms with van der Waals surface area (Å²) in [5, 5.41) is 3.11. The van der Waals surface area contributed by atoms with Gasteiger partial charge in [0.15, 0.2) is 0 Å². The lowest BCUT2D eigenvalue weighted by molar-refractivity contribution is -0.117. The quantitative estimate of drug-likeness (QED) is 0.754. The van der Waals surface area contributed by atoms with Gasteiger partial charge < -0.3 is 11.1 Å². The van der Waals surface area contributed by atoms with Gasteiger partial charge >= 0.3 is 0 Å². The van der Waals surface area contributed by atoms with E-state index in [9.17, 15) is 9.59 Å². The average molecular weight is 365 g/mol. The van der Waals surface area contributed by atoms with E-state index in [0.717, 1.165) is 41.6 Å². The van der Waals surface area contributed by atoms with Gasteiger partial charge in [0.2, 0.25) is 11.8 Å². The number of para-hydroxylation sites is 1. The first-order valence-corrected chi connectivity index (χ1v) is 9.49. The van der Waals surface area contributed by atoms with Crippen molar-refractivity contribution < 1.29 is 9.59 Å². The molecule has 142 valence electrons. The minimum absolute atomic E-state index is 0.0136. The van der Waals surface area contributed by atoms with Crippen molar-refractivity contribution in [1.29, 1.82) is 0 Å². The molecular weight excluding hydrogens is 338 g/mol. The van der Waals surface area contributed by atoms with Crippen LogP contribution in [0, 0.1) is 6.92 Å². The van der Waals surface area contributed by atoms with Crippen molar-refractivity contribution in [3.63, 3.8) is 0 Å². The number of rotatable bonds is 8. The zero-order chi connectivity index (χ0) is 19.4. The van der Waals surface area contributed by atoms with Crippen LogP contribution in [0.2, 0.25) is 0 Å². The van der Waals surface area contributed by atoms with Crippen LogP contribution in [0.4, 0.5) is 5.69 Å². The zero-order valence-electron chi connectivity index (χ0n) is 16.0. The predicted octanol–water partition coefficient (Wildman–Crippen LogP) is 3.26. The molecule has 5 heteroatoms. The third kappa shape index (κ3) is 4.95. The molecule has 0 radical (unpaired) electrons. The molecule has 2 aromatic carbocycles. The van der Waals surface area contributed by atoms with Gasteiger partial charge in [0.05, 0.1) is 6.54 Å². The molecule has 0 saturated heterocycles. The van der Waals surface area contributed by atoms with Crippen LogP contribution >= 0.6 is 0 Å². The Morgan fingerprint density at radius 1 is 1.15 bits per heavy atom. The summed E-state index contributed by atoms with van der Waals surface area (Å²) in [6.07, 6.45) is 3.13. The van der Waals surface area contributed by atoms with Gasteiger partial charge in [-0.05, 0) is 55.0 Å². The van der Waals surface area contributed by atoms with Crippen LogP contribution in [0.1, 0.15) is 46.8 Å². The number of hydrogen-bond donors (Lipinski definition) is 2. The molecule has 1 aliphatic rings. The van der Waals surface area contributed by atoms with E-state index in [4.69, 9.17) is 5.73 Å². The molecule has 1 aliphatic carbocycles. The lowest BCUT2D eigenvalue weighted by atomic mass is 10.1. The maximum Gasteiger partial charge on any atom is 0.248 e. The highest BCUT2D eigenvalue weighted by Crippen LogP contribution is 2.28. The van der Waals surface area contributed by atoms with Crippen LogP contribution in [-0.4, -0.2) is 29.3 Å². The number of anilines is 1. The fourth-order valence-electron chi connectivity index (χ4n) is 3.33. The van der Waals surface area contributed by atoms with Crippen LogP contribution in [0.25, 0.3) is 0 Å². The van der Waals surface area contributed by atoms with E-state index in [1.807, 2.05) is 31.2 Å². The van der Waals surface area contributed by atoms with Crippen LogP contribution in [0.5, 0.6) is 0 Å². The highest BCUT2D eigenvalue weighted by Gasteiger charge is 2.30. The molecule has 2 aromatic rings. The van der Waals surface area contributed by atoms with Gasteiger partial charge in [-0.25, -0.2) is 0 Å². The van der Waals surface area contributed by atoms with Gasteiger partial charge in [-0.15, -0.1) is 0 Å². The van der Waals surface area contributed by atoms with Gasteiger partial charge in [0.25, 0.3) is 0 Å². The van der Waals surface area contributed by atoms with Gasteiger partial charge in [-0.3, -0.25) is 14.5 Å². The molecule has 27 heavy (non-hydrogen) atoms. The molecular formula is C22H27N3O2. The second-order valence-corrected chi connectivity index (χ2v) is 7.21. The third-order valence-electron chi connectivity index (χ3n) is 5.04. The summed E-state index contributed by atoms with van der Waals surface area (Å²) in [7, 11) is 0. The number of carbonyl (C=O) groups excluding carboxylic acids is 2. The standard InChI is InChI=1S/C22H27N3O2/c1-3-17-6-4-5-15(2)21(17)24-20(26)14-25(19-11-12-19)13-16-7-9-18(10-8-16)22(23)27/h4-10,19H,3,11-14H2,1-2H3,(H2,23,27)(H,24,26). The summed E-state index contributed by atoms with van der Waals surface area (Å²) < 4.78 is 0. The van der Waals surface area contributed by atoms with Gasteiger partial charge in [0, 0.05) is 23.8 Å². The number of carbonyl (C=O) groups is 2. The molecule has 1 saturated carbocycles. The second kappa shape index (κ2) is 8.35. The first-order valence-electron chi connectivity index (χ1n) is 9.49. The second-order valence-electron chi connectivity index (χ2n) is 7.21. The van der Waals surface area contributed by atoms with Crippen LogP contribution in [-0.2, 0) is 17.8 Å². The Bertz CT molecular complexity index is 826. The van der Waals surface area contributed by atoms with Gasteiger partial charge in [-0.2, -0.15) is 0 Å². The Balaban J connectivity index is 1.66. The molecule has 0 atom stereocenters. The molecule has 5 nitrogen and oxygen atoms in total. The van der Waals surface area contributed by atoms with E-state index in [-0.39, 0.29) is 5.91 Å². The summed E-state index contributed by atoms with van der Waals surface area (Å²) in [5.41, 5.74) is 10.0. The number of nitrogens with two attached hydrogens (primary N) is 1. The van der Waals surface area contributed by atoms with Crippen molar-refractivity contribution in [2.45, 2.75) is 45.7 Å². The Morgan fingerprint density at radius 2 is 1.85 bits per heavy atom. The topological polar surface area (TPSA) is 75.4 Å². The normalized spacial score (nSPS) is 13.6. The van der Waals surface area contributed by atoms with Crippen LogP contribution < -0.4 is 11.1 Å². The van der Waals surface area contributed by atoms with Crippen molar-refractivity contribution >= 4 is 17.5 Å². The highest BCUT2D eigenvalue weighted by molar-refractivity contribution is 5.94. The molecule has 3 rings (SSSR count). The number of amides is 2. The number of hydrogen-bond acceptors (Lipinski definition) is 3. The molecule has 0 heterocycles. The summed E-state index contributed by atoms with van der Waals surface area (Å²) in [6.45, 7) is 5.16. The maximum absolute atomic E-state index is 12.7. The lowest BCUT2D eigenvalue weighted by Gasteiger charge is -2.22. The van der Waals surface area contributed by atoms with E-state index in [2.05, 4.69) is 23.2 Å². The monoisotopic (exact) mass is 365 g/mol. The Morgan fingerprint density at radius 3 is 2.44 bits per heavy atom. The molecule has 2 amide bonds. The van der Waals surface area contributed by atoms with E-state index >= 15 is 0 Å². The Hall–Kier alpha value is -2.66. The fraction of sp³-hybridized carbons (Fsp3) is 0.364. The number of aryl methyl sites for hydroxylation is 2. The molecule has 0 spiro atoms. The minimum atomic E-state index is -0.426. The van der Waals surface area contributed by atoms with Crippen molar-refractivity contribution in [1.82, 2.24) is 4.90 Å². The van der Waals surface area contributed by atoms with Gasteiger partial charge in [0.1, 0.15) is 0 Å². The maximum atomic E-state index is 12.7. The summed E-state index contributed by atoms with van der Waals surface area (Å²) >= 11 is 0. The van der Waals surface area contributed by atoms with E-state index in [1.165, 1.54) is 0 Å².